The van der Waals surface area contributed by atoms with Crippen molar-refractivity contribution < 1.29 is 9.53 Å². The molecule has 0 N–H and O–H groups in total. The Bertz CT molecular complexity index is 400. The summed E-state index contributed by atoms with van der Waals surface area (Å²) in [4.78, 5) is 18.0. The minimum absolute atomic E-state index is 0.0208. The van der Waals surface area contributed by atoms with Crippen LogP contribution in [0.15, 0.2) is 24.5 Å². The quantitative estimate of drug-likeness (QED) is 0.782. The first kappa shape index (κ1) is 13.8. The molecule has 1 aromatic rings. The molecule has 1 aliphatic rings. The average molecular weight is 262 g/mol. The predicted octanol–water partition coefficient (Wildman–Crippen LogP) is 2.64. The molecule has 0 atom stereocenters. The summed E-state index contributed by atoms with van der Waals surface area (Å²) in [5, 5.41) is 0. The zero-order valence-corrected chi connectivity index (χ0v) is 11.7. The lowest BCUT2D eigenvalue weighted by Crippen LogP contribution is -2.37. The fourth-order valence-electron chi connectivity index (χ4n) is 2.75. The number of nitrogens with zero attached hydrogens (tertiary/aromatic N) is 2. The number of hydrogen-bond donors (Lipinski definition) is 0. The average Bonchev–Trinajstić information content (AvgIpc) is 2.48. The van der Waals surface area contributed by atoms with Crippen molar-refractivity contribution in [2.24, 2.45) is 5.92 Å². The maximum absolute atomic E-state index is 11.7. The number of carbonyl (C=O) groups is 1. The molecule has 1 aromatic heterocycles. The van der Waals surface area contributed by atoms with Gasteiger partial charge in [-0.1, -0.05) is 0 Å². The molecule has 1 saturated carbocycles. The van der Waals surface area contributed by atoms with Gasteiger partial charge >= 0.3 is 5.97 Å². The number of pyridine rings is 1. The summed E-state index contributed by atoms with van der Waals surface area (Å²) in [5.41, 5.74) is 1.19. The van der Waals surface area contributed by atoms with E-state index in [9.17, 15) is 4.79 Å². The first-order valence-corrected chi connectivity index (χ1v) is 7.02. The molecule has 1 aliphatic carbocycles. The van der Waals surface area contributed by atoms with Crippen LogP contribution in [-0.2, 0) is 9.53 Å². The van der Waals surface area contributed by atoms with E-state index in [-0.39, 0.29) is 11.9 Å². The Kier molecular flexibility index (Phi) is 4.77. The Morgan fingerprint density at radius 3 is 2.53 bits per heavy atom. The molecule has 4 nitrogen and oxygen atoms in total. The smallest absolute Gasteiger partial charge is 0.308 e. The van der Waals surface area contributed by atoms with Crippen molar-refractivity contribution in [2.75, 3.05) is 18.6 Å². The highest BCUT2D eigenvalue weighted by Crippen LogP contribution is 2.30. The third kappa shape index (κ3) is 3.46. The van der Waals surface area contributed by atoms with Crippen LogP contribution in [0.1, 0.15) is 32.6 Å². The van der Waals surface area contributed by atoms with E-state index in [1.165, 1.54) is 5.69 Å². The molecule has 0 spiro atoms. The van der Waals surface area contributed by atoms with Crippen molar-refractivity contribution in [3.05, 3.63) is 24.5 Å². The minimum atomic E-state index is -0.0208. The summed E-state index contributed by atoms with van der Waals surface area (Å²) >= 11 is 0. The predicted molar refractivity (Wildman–Crippen MR) is 75.0 cm³/mol. The number of carbonyl (C=O) groups excluding carboxylic acids is 1. The van der Waals surface area contributed by atoms with Crippen molar-refractivity contribution in [2.45, 2.75) is 38.6 Å². The van der Waals surface area contributed by atoms with E-state index in [0.717, 1.165) is 25.7 Å². The molecule has 19 heavy (non-hydrogen) atoms. The van der Waals surface area contributed by atoms with E-state index < -0.39 is 0 Å². The lowest BCUT2D eigenvalue weighted by Gasteiger charge is -2.35. The topological polar surface area (TPSA) is 42.4 Å². The van der Waals surface area contributed by atoms with Crippen LogP contribution in [0.4, 0.5) is 5.69 Å². The van der Waals surface area contributed by atoms with Crippen LogP contribution < -0.4 is 4.90 Å². The molecule has 0 radical (unpaired) electrons. The minimum Gasteiger partial charge on any atom is -0.466 e. The molecular weight excluding hydrogens is 240 g/mol. The first-order valence-electron chi connectivity index (χ1n) is 7.02. The van der Waals surface area contributed by atoms with E-state index in [1.54, 1.807) is 0 Å². The number of rotatable bonds is 4. The number of ether oxygens (including phenoxy) is 1. The molecule has 104 valence electrons. The Morgan fingerprint density at radius 1 is 1.32 bits per heavy atom. The highest BCUT2D eigenvalue weighted by Gasteiger charge is 2.29. The molecule has 0 unspecified atom stereocenters. The van der Waals surface area contributed by atoms with Crippen molar-refractivity contribution >= 4 is 11.7 Å². The Balaban J connectivity index is 1.88. The van der Waals surface area contributed by atoms with Gasteiger partial charge in [0, 0.05) is 31.2 Å². The molecule has 0 bridgehead atoms. The van der Waals surface area contributed by atoms with Gasteiger partial charge in [0.15, 0.2) is 0 Å². The number of aromatic nitrogens is 1. The summed E-state index contributed by atoms with van der Waals surface area (Å²) in [6, 6.07) is 4.56. The molecule has 0 aliphatic heterocycles. The summed E-state index contributed by atoms with van der Waals surface area (Å²) in [6.07, 6.45) is 7.58. The molecule has 0 saturated heterocycles. The second-order valence-corrected chi connectivity index (χ2v) is 5.07. The molecule has 0 aromatic carbocycles. The van der Waals surface area contributed by atoms with Gasteiger partial charge in [0.05, 0.1) is 12.5 Å². The third-order valence-electron chi connectivity index (χ3n) is 3.93. The monoisotopic (exact) mass is 262 g/mol. The van der Waals surface area contributed by atoms with Gasteiger partial charge in [-0.3, -0.25) is 9.78 Å². The van der Waals surface area contributed by atoms with Crippen LogP contribution in [0.2, 0.25) is 0 Å². The summed E-state index contributed by atoms with van der Waals surface area (Å²) < 4.78 is 5.10. The lowest BCUT2D eigenvalue weighted by molar-refractivity contribution is -0.149. The van der Waals surface area contributed by atoms with Gasteiger partial charge in [0.2, 0.25) is 0 Å². The third-order valence-corrected chi connectivity index (χ3v) is 3.93. The zero-order valence-electron chi connectivity index (χ0n) is 11.7. The van der Waals surface area contributed by atoms with Crippen molar-refractivity contribution in [1.82, 2.24) is 4.98 Å². The number of esters is 1. The highest BCUT2D eigenvalue weighted by molar-refractivity contribution is 5.72. The van der Waals surface area contributed by atoms with Gasteiger partial charge in [-0.15, -0.1) is 0 Å². The molecular formula is C15H22N2O2. The molecule has 2 rings (SSSR count). The normalized spacial score (nSPS) is 22.8. The van der Waals surface area contributed by atoms with Crippen molar-refractivity contribution in [1.29, 1.82) is 0 Å². The van der Waals surface area contributed by atoms with E-state index in [2.05, 4.69) is 16.9 Å². The van der Waals surface area contributed by atoms with Crippen LogP contribution in [0.25, 0.3) is 0 Å². The molecule has 1 heterocycles. The largest absolute Gasteiger partial charge is 0.466 e. The first-order chi connectivity index (χ1) is 9.22. The van der Waals surface area contributed by atoms with Crippen molar-refractivity contribution in [3.8, 4) is 0 Å². The summed E-state index contributed by atoms with van der Waals surface area (Å²) in [5.74, 6) is 0.0783. The standard InChI is InChI=1S/C15H22N2O2/c1-3-19-15(18)12-4-6-13(7-5-12)17(2)14-8-10-16-11-9-14/h8-13H,3-7H2,1-2H3. The molecule has 0 amide bonds. The van der Waals surface area contributed by atoms with Gasteiger partial charge in [-0.2, -0.15) is 0 Å². The van der Waals surface area contributed by atoms with Crippen LogP contribution >= 0.6 is 0 Å². The fourth-order valence-corrected chi connectivity index (χ4v) is 2.75. The lowest BCUT2D eigenvalue weighted by atomic mass is 9.85. The summed E-state index contributed by atoms with van der Waals surface area (Å²) in [6.45, 7) is 2.34. The Hall–Kier alpha value is -1.58. The second kappa shape index (κ2) is 6.55. The van der Waals surface area contributed by atoms with Crippen LogP contribution in [0.3, 0.4) is 0 Å². The van der Waals surface area contributed by atoms with Gasteiger partial charge in [-0.05, 0) is 44.7 Å². The van der Waals surface area contributed by atoms with Crippen molar-refractivity contribution in [3.63, 3.8) is 0 Å². The van der Waals surface area contributed by atoms with E-state index in [4.69, 9.17) is 4.74 Å². The Morgan fingerprint density at radius 2 is 1.95 bits per heavy atom. The molecule has 4 heteroatoms. The molecule has 1 fully saturated rings. The number of hydrogen-bond acceptors (Lipinski definition) is 4. The zero-order chi connectivity index (χ0) is 13.7. The van der Waals surface area contributed by atoms with Crippen LogP contribution in [0, 0.1) is 5.92 Å². The summed E-state index contributed by atoms with van der Waals surface area (Å²) in [7, 11) is 2.12. The van der Waals surface area contributed by atoms with Gasteiger partial charge in [0.25, 0.3) is 0 Å². The van der Waals surface area contributed by atoms with Gasteiger partial charge in [0.1, 0.15) is 0 Å². The second-order valence-electron chi connectivity index (χ2n) is 5.07. The van der Waals surface area contributed by atoms with E-state index in [1.807, 2.05) is 31.5 Å². The van der Waals surface area contributed by atoms with E-state index in [0.29, 0.717) is 12.6 Å². The van der Waals surface area contributed by atoms with Crippen LogP contribution in [0.5, 0.6) is 0 Å². The number of anilines is 1. The van der Waals surface area contributed by atoms with Gasteiger partial charge in [-0.25, -0.2) is 0 Å². The maximum atomic E-state index is 11.7. The fraction of sp³-hybridized carbons (Fsp3) is 0.600. The van der Waals surface area contributed by atoms with Gasteiger partial charge < -0.3 is 9.64 Å². The van der Waals surface area contributed by atoms with Crippen LogP contribution in [-0.4, -0.2) is 30.6 Å². The van der Waals surface area contributed by atoms with E-state index >= 15 is 0 Å². The maximum Gasteiger partial charge on any atom is 0.308 e. The highest BCUT2D eigenvalue weighted by atomic mass is 16.5. The SMILES string of the molecule is CCOC(=O)C1CCC(N(C)c2ccncc2)CC1. The Labute approximate surface area is 114 Å².